The molecule has 0 aliphatic rings. The lowest BCUT2D eigenvalue weighted by molar-refractivity contribution is 0.144. The molecule has 1 aromatic heterocycles. The number of halogens is 1. The maximum Gasteiger partial charge on any atom is 0.0593 e. The highest BCUT2D eigenvalue weighted by Crippen LogP contribution is 2.33. The van der Waals surface area contributed by atoms with E-state index in [0.29, 0.717) is 18.0 Å². The van der Waals surface area contributed by atoms with E-state index in [1.807, 2.05) is 0 Å². The first-order valence-electron chi connectivity index (χ1n) is 7.08. The van der Waals surface area contributed by atoms with E-state index in [2.05, 4.69) is 67.0 Å². The van der Waals surface area contributed by atoms with E-state index < -0.39 is 0 Å². The van der Waals surface area contributed by atoms with E-state index in [4.69, 9.17) is 5.73 Å². The number of hydrogen-bond acceptors (Lipinski definition) is 3. The molecule has 0 aliphatic carbocycles. The predicted molar refractivity (Wildman–Crippen MR) is 89.7 cm³/mol. The Morgan fingerprint density at radius 1 is 1.37 bits per heavy atom. The highest BCUT2D eigenvalue weighted by atomic mass is 79.9. The van der Waals surface area contributed by atoms with Crippen LogP contribution in [0.4, 0.5) is 0 Å². The van der Waals surface area contributed by atoms with Gasteiger partial charge < -0.3 is 5.73 Å². The standard InChI is InChI=1S/C15H27BrN2S/c1-6-13(17)15(14-8-12(16)9-19-14)18(5)11(4)7-10(2)3/h8-11,13,15H,6-7,17H2,1-5H3. The quantitative estimate of drug-likeness (QED) is 0.778. The highest BCUT2D eigenvalue weighted by molar-refractivity contribution is 9.10. The Bertz CT molecular complexity index is 378. The van der Waals surface area contributed by atoms with Gasteiger partial charge in [-0.1, -0.05) is 20.8 Å². The van der Waals surface area contributed by atoms with Crippen LogP contribution in [-0.4, -0.2) is 24.0 Å². The molecule has 0 bridgehead atoms. The van der Waals surface area contributed by atoms with Crippen LogP contribution in [0, 0.1) is 5.92 Å². The molecule has 0 saturated carbocycles. The predicted octanol–water partition coefficient (Wildman–Crippen LogP) is 4.66. The van der Waals surface area contributed by atoms with Crippen molar-refractivity contribution in [3.63, 3.8) is 0 Å². The lowest BCUT2D eigenvalue weighted by Crippen LogP contribution is -2.43. The van der Waals surface area contributed by atoms with E-state index in [0.717, 1.165) is 10.9 Å². The van der Waals surface area contributed by atoms with Crippen molar-refractivity contribution < 1.29 is 0 Å². The van der Waals surface area contributed by atoms with Crippen molar-refractivity contribution in [1.82, 2.24) is 4.90 Å². The first kappa shape index (κ1) is 17.2. The molecule has 110 valence electrons. The molecule has 1 aromatic rings. The molecule has 0 spiro atoms. The monoisotopic (exact) mass is 346 g/mol. The Labute approximate surface area is 130 Å². The summed E-state index contributed by atoms with van der Waals surface area (Å²) < 4.78 is 1.16. The number of rotatable bonds is 7. The second-order valence-electron chi connectivity index (χ2n) is 5.83. The molecule has 0 fully saturated rings. The lowest BCUT2D eigenvalue weighted by atomic mass is 9.98. The van der Waals surface area contributed by atoms with Crippen LogP contribution in [0.25, 0.3) is 0 Å². The molecule has 0 aliphatic heterocycles. The van der Waals surface area contributed by atoms with Gasteiger partial charge in [-0.2, -0.15) is 0 Å². The van der Waals surface area contributed by atoms with Gasteiger partial charge in [0.1, 0.15) is 0 Å². The van der Waals surface area contributed by atoms with Gasteiger partial charge in [-0.25, -0.2) is 0 Å². The summed E-state index contributed by atoms with van der Waals surface area (Å²) in [6.07, 6.45) is 2.20. The second-order valence-corrected chi connectivity index (χ2v) is 7.69. The summed E-state index contributed by atoms with van der Waals surface area (Å²) in [6, 6.07) is 3.26. The van der Waals surface area contributed by atoms with Crippen molar-refractivity contribution in [1.29, 1.82) is 0 Å². The zero-order valence-electron chi connectivity index (χ0n) is 12.7. The molecule has 2 N–H and O–H groups in total. The van der Waals surface area contributed by atoms with E-state index in [1.54, 1.807) is 11.3 Å². The number of nitrogens with zero attached hydrogens (tertiary/aromatic N) is 1. The number of likely N-dealkylation sites (N-methyl/N-ethyl adjacent to an activating group) is 1. The first-order chi connectivity index (χ1) is 8.86. The zero-order valence-corrected chi connectivity index (χ0v) is 15.1. The summed E-state index contributed by atoms with van der Waals surface area (Å²) in [6.45, 7) is 9.03. The summed E-state index contributed by atoms with van der Waals surface area (Å²) in [4.78, 5) is 3.81. The molecule has 0 amide bonds. The van der Waals surface area contributed by atoms with Crippen LogP contribution in [-0.2, 0) is 0 Å². The number of thiophene rings is 1. The normalized spacial score (nSPS) is 16.9. The molecular formula is C15H27BrN2S. The molecule has 3 unspecified atom stereocenters. The molecule has 0 radical (unpaired) electrons. The molecule has 1 heterocycles. The largest absolute Gasteiger partial charge is 0.326 e. The van der Waals surface area contributed by atoms with E-state index in [-0.39, 0.29) is 6.04 Å². The van der Waals surface area contributed by atoms with Crippen molar-refractivity contribution in [3.05, 3.63) is 20.8 Å². The van der Waals surface area contributed by atoms with Gasteiger partial charge in [0, 0.05) is 26.8 Å². The first-order valence-corrected chi connectivity index (χ1v) is 8.75. The van der Waals surface area contributed by atoms with Crippen molar-refractivity contribution in [2.45, 2.75) is 58.7 Å². The molecule has 2 nitrogen and oxygen atoms in total. The number of hydrogen-bond donors (Lipinski definition) is 1. The molecule has 3 atom stereocenters. The van der Waals surface area contributed by atoms with Crippen LogP contribution < -0.4 is 5.73 Å². The Balaban J connectivity index is 2.91. The van der Waals surface area contributed by atoms with E-state index in [9.17, 15) is 0 Å². The van der Waals surface area contributed by atoms with Gasteiger partial charge in [0.05, 0.1) is 6.04 Å². The van der Waals surface area contributed by atoms with E-state index in [1.165, 1.54) is 11.3 Å². The van der Waals surface area contributed by atoms with Crippen LogP contribution in [0.5, 0.6) is 0 Å². The van der Waals surface area contributed by atoms with Gasteiger partial charge in [-0.05, 0) is 54.7 Å². The van der Waals surface area contributed by atoms with Crippen molar-refractivity contribution in [2.75, 3.05) is 7.05 Å². The van der Waals surface area contributed by atoms with Crippen molar-refractivity contribution >= 4 is 27.3 Å². The molecule has 19 heavy (non-hydrogen) atoms. The number of nitrogens with two attached hydrogens (primary N) is 1. The van der Waals surface area contributed by atoms with Gasteiger partial charge in [0.15, 0.2) is 0 Å². The molecule has 0 aromatic carbocycles. The maximum atomic E-state index is 6.38. The topological polar surface area (TPSA) is 29.3 Å². The summed E-state index contributed by atoms with van der Waals surface area (Å²) in [5.41, 5.74) is 6.38. The Kier molecular flexibility index (Phi) is 7.01. The third-order valence-electron chi connectivity index (χ3n) is 3.70. The molecular weight excluding hydrogens is 320 g/mol. The van der Waals surface area contributed by atoms with Crippen molar-refractivity contribution in [2.24, 2.45) is 11.7 Å². The van der Waals surface area contributed by atoms with Gasteiger partial charge in [-0.3, -0.25) is 4.90 Å². The Hall–Kier alpha value is 0.1000. The molecule has 4 heteroatoms. The third kappa shape index (κ3) is 4.85. The van der Waals surface area contributed by atoms with E-state index >= 15 is 0 Å². The summed E-state index contributed by atoms with van der Waals surface area (Å²) in [5, 5.41) is 2.14. The zero-order chi connectivity index (χ0) is 14.6. The average molecular weight is 347 g/mol. The maximum absolute atomic E-state index is 6.38. The summed E-state index contributed by atoms with van der Waals surface area (Å²) in [5.74, 6) is 0.714. The minimum atomic E-state index is 0.185. The second kappa shape index (κ2) is 7.77. The Morgan fingerprint density at radius 2 is 2.00 bits per heavy atom. The van der Waals surface area contributed by atoms with Gasteiger partial charge in [0.25, 0.3) is 0 Å². The molecule has 0 saturated heterocycles. The minimum absolute atomic E-state index is 0.185. The fourth-order valence-electron chi connectivity index (χ4n) is 2.54. The fourth-order valence-corrected chi connectivity index (χ4v) is 4.21. The average Bonchev–Trinajstić information content (AvgIpc) is 2.74. The summed E-state index contributed by atoms with van der Waals surface area (Å²) in [7, 11) is 2.21. The smallest absolute Gasteiger partial charge is 0.0593 e. The van der Waals surface area contributed by atoms with Crippen LogP contribution >= 0.6 is 27.3 Å². The van der Waals surface area contributed by atoms with Gasteiger partial charge >= 0.3 is 0 Å². The highest BCUT2D eigenvalue weighted by Gasteiger charge is 2.27. The Morgan fingerprint density at radius 3 is 2.42 bits per heavy atom. The van der Waals surface area contributed by atoms with Crippen LogP contribution in [0.3, 0.4) is 0 Å². The molecule has 1 rings (SSSR count). The third-order valence-corrected chi connectivity index (χ3v) is 5.47. The minimum Gasteiger partial charge on any atom is -0.326 e. The van der Waals surface area contributed by atoms with Crippen LogP contribution in [0.2, 0.25) is 0 Å². The summed E-state index contributed by atoms with van der Waals surface area (Å²) >= 11 is 5.35. The van der Waals surface area contributed by atoms with Crippen LogP contribution in [0.1, 0.15) is 51.5 Å². The van der Waals surface area contributed by atoms with Crippen LogP contribution in [0.15, 0.2) is 15.9 Å². The van der Waals surface area contributed by atoms with Gasteiger partial charge in [-0.15, -0.1) is 11.3 Å². The van der Waals surface area contributed by atoms with Crippen molar-refractivity contribution in [3.8, 4) is 0 Å². The lowest BCUT2D eigenvalue weighted by Gasteiger charge is -2.36. The fraction of sp³-hybridized carbons (Fsp3) is 0.733. The SMILES string of the molecule is CCC(N)C(c1cc(Br)cs1)N(C)C(C)CC(C)C. The van der Waals surface area contributed by atoms with Gasteiger partial charge in [0.2, 0.25) is 0 Å².